The van der Waals surface area contributed by atoms with Crippen LogP contribution in [0.2, 0.25) is 0 Å². The number of nitrogens with zero attached hydrogens (tertiary/aromatic N) is 2. The van der Waals surface area contributed by atoms with E-state index in [4.69, 9.17) is 4.74 Å². The van der Waals surface area contributed by atoms with Crippen molar-refractivity contribution in [2.45, 2.75) is 52.9 Å². The molecule has 1 fully saturated rings. The molecule has 0 aromatic carbocycles. The largest absolute Gasteiger partial charge is 0.373 e. The van der Waals surface area contributed by atoms with Crippen LogP contribution in [0.4, 0.5) is 5.13 Å². The van der Waals surface area contributed by atoms with Gasteiger partial charge in [-0.25, -0.2) is 4.98 Å². The normalized spacial score (nSPS) is 21.4. The molecule has 136 valence electrons. The summed E-state index contributed by atoms with van der Waals surface area (Å²) < 4.78 is 5.77. The average Bonchev–Trinajstić information content (AvgIpc) is 3.12. The van der Waals surface area contributed by atoms with Crippen LogP contribution < -0.4 is 5.32 Å². The monoisotopic (exact) mass is 379 g/mol. The van der Waals surface area contributed by atoms with E-state index in [9.17, 15) is 4.79 Å². The van der Waals surface area contributed by atoms with Crippen LogP contribution in [0.25, 0.3) is 0 Å². The third-order valence-corrected chi connectivity index (χ3v) is 6.41. The predicted molar refractivity (Wildman–Crippen MR) is 104 cm³/mol. The van der Waals surface area contributed by atoms with Gasteiger partial charge in [0, 0.05) is 29.9 Å². The molecule has 2 aromatic heterocycles. The second-order valence-corrected chi connectivity index (χ2v) is 8.61. The van der Waals surface area contributed by atoms with Gasteiger partial charge in [0.1, 0.15) is 0 Å². The zero-order valence-corrected chi connectivity index (χ0v) is 16.8. The van der Waals surface area contributed by atoms with Gasteiger partial charge in [0.25, 0.3) is 5.91 Å². The molecule has 1 amide bonds. The molecule has 2 aromatic rings. The minimum Gasteiger partial charge on any atom is -0.373 e. The molecule has 0 aliphatic carbocycles. The molecule has 1 aliphatic rings. The molecule has 7 heteroatoms. The highest BCUT2D eigenvalue weighted by molar-refractivity contribution is 7.15. The second-order valence-electron chi connectivity index (χ2n) is 6.62. The number of carbonyl (C=O) groups is 1. The first-order valence-electron chi connectivity index (χ1n) is 8.67. The highest BCUT2D eigenvalue weighted by atomic mass is 32.1. The smallest absolute Gasteiger partial charge is 0.267 e. The van der Waals surface area contributed by atoms with Crippen LogP contribution >= 0.6 is 22.7 Å². The predicted octanol–water partition coefficient (Wildman–Crippen LogP) is 3.94. The number of rotatable bonds is 5. The Hall–Kier alpha value is -1.28. The lowest BCUT2D eigenvalue weighted by Crippen LogP contribution is -2.44. The Labute approximate surface area is 157 Å². The molecular formula is C18H25N3O2S2. The third-order valence-electron chi connectivity index (χ3n) is 4.22. The number of morpholine rings is 1. The highest BCUT2D eigenvalue weighted by Crippen LogP contribution is 2.25. The van der Waals surface area contributed by atoms with Crippen LogP contribution in [0.15, 0.2) is 11.4 Å². The van der Waals surface area contributed by atoms with Gasteiger partial charge >= 0.3 is 0 Å². The van der Waals surface area contributed by atoms with Crippen molar-refractivity contribution in [3.63, 3.8) is 0 Å². The second kappa shape index (κ2) is 7.95. The van der Waals surface area contributed by atoms with E-state index in [2.05, 4.69) is 42.9 Å². The number of carbonyl (C=O) groups excluding carboxylic acids is 1. The summed E-state index contributed by atoms with van der Waals surface area (Å²) in [7, 11) is 0. The van der Waals surface area contributed by atoms with Crippen LogP contribution in [-0.4, -0.2) is 41.1 Å². The number of hydrogen-bond donors (Lipinski definition) is 1. The fourth-order valence-corrected chi connectivity index (χ4v) is 4.93. The molecule has 2 atom stereocenters. The van der Waals surface area contributed by atoms with E-state index in [0.29, 0.717) is 5.13 Å². The Balaban J connectivity index is 1.60. The summed E-state index contributed by atoms with van der Waals surface area (Å²) in [6, 6.07) is 1.96. The van der Waals surface area contributed by atoms with Crippen molar-refractivity contribution >= 4 is 33.7 Å². The summed E-state index contributed by atoms with van der Waals surface area (Å²) in [5, 5.41) is 5.62. The van der Waals surface area contributed by atoms with Crippen molar-refractivity contribution < 1.29 is 9.53 Å². The van der Waals surface area contributed by atoms with E-state index in [0.717, 1.165) is 36.6 Å². The fourth-order valence-electron chi connectivity index (χ4n) is 3.22. The molecule has 1 aliphatic heterocycles. The van der Waals surface area contributed by atoms with E-state index < -0.39 is 0 Å². The number of hydrogen-bond acceptors (Lipinski definition) is 6. The zero-order valence-electron chi connectivity index (χ0n) is 15.2. The van der Waals surface area contributed by atoms with E-state index in [1.807, 2.05) is 11.4 Å². The Morgan fingerprint density at radius 1 is 1.40 bits per heavy atom. The van der Waals surface area contributed by atoms with Crippen molar-refractivity contribution in [2.75, 3.05) is 18.4 Å². The third kappa shape index (κ3) is 4.67. The topological polar surface area (TPSA) is 54.5 Å². The zero-order chi connectivity index (χ0) is 18.0. The minimum atomic E-state index is -0.0673. The van der Waals surface area contributed by atoms with Crippen molar-refractivity contribution in [2.24, 2.45) is 0 Å². The number of anilines is 1. The molecule has 25 heavy (non-hydrogen) atoms. The maximum Gasteiger partial charge on any atom is 0.267 e. The van der Waals surface area contributed by atoms with E-state index >= 15 is 0 Å². The molecular weight excluding hydrogens is 354 g/mol. The van der Waals surface area contributed by atoms with E-state index in [-0.39, 0.29) is 18.1 Å². The Bertz CT molecular complexity index is 731. The van der Waals surface area contributed by atoms with E-state index in [1.54, 1.807) is 11.3 Å². The lowest BCUT2D eigenvalue weighted by molar-refractivity contribution is -0.0707. The van der Waals surface area contributed by atoms with E-state index in [1.165, 1.54) is 21.8 Å². The van der Waals surface area contributed by atoms with Gasteiger partial charge in [-0.1, -0.05) is 6.92 Å². The molecule has 2 unspecified atom stereocenters. The molecule has 0 saturated carbocycles. The van der Waals surface area contributed by atoms with Gasteiger partial charge in [0.05, 0.1) is 22.8 Å². The van der Waals surface area contributed by atoms with Crippen LogP contribution in [0.3, 0.4) is 0 Å². The fraction of sp³-hybridized carbons (Fsp3) is 0.556. The Morgan fingerprint density at radius 3 is 2.76 bits per heavy atom. The molecule has 0 spiro atoms. The molecule has 0 bridgehead atoms. The van der Waals surface area contributed by atoms with Gasteiger partial charge in [-0.05, 0) is 38.8 Å². The lowest BCUT2D eigenvalue weighted by Gasteiger charge is -2.34. The first-order chi connectivity index (χ1) is 11.9. The SMILES string of the molecule is CCc1sc(C(=O)Nc2nc(CN3CC(C)OC(C)C3)cs2)cc1C. The molecule has 1 N–H and O–H groups in total. The quantitative estimate of drug-likeness (QED) is 0.855. The summed E-state index contributed by atoms with van der Waals surface area (Å²) in [5.74, 6) is -0.0673. The maximum atomic E-state index is 12.4. The summed E-state index contributed by atoms with van der Waals surface area (Å²) in [6.07, 6.45) is 1.45. The molecule has 5 nitrogen and oxygen atoms in total. The van der Waals surface area contributed by atoms with Gasteiger partial charge < -0.3 is 4.74 Å². The van der Waals surface area contributed by atoms with Crippen LogP contribution in [0, 0.1) is 6.92 Å². The van der Waals surface area contributed by atoms with Gasteiger partial charge in [0.2, 0.25) is 0 Å². The molecule has 3 heterocycles. The number of aryl methyl sites for hydroxylation is 2. The van der Waals surface area contributed by atoms with Crippen molar-refractivity contribution in [3.8, 4) is 0 Å². The number of thiazole rings is 1. The number of amides is 1. The van der Waals surface area contributed by atoms with Crippen LogP contribution in [-0.2, 0) is 17.7 Å². The first-order valence-corrected chi connectivity index (χ1v) is 10.4. The van der Waals surface area contributed by atoms with Crippen molar-refractivity contribution in [1.82, 2.24) is 9.88 Å². The molecule has 1 saturated heterocycles. The number of ether oxygens (including phenoxy) is 1. The Kier molecular flexibility index (Phi) is 5.89. The number of aromatic nitrogens is 1. The van der Waals surface area contributed by atoms with Gasteiger partial charge in [-0.2, -0.15) is 0 Å². The Morgan fingerprint density at radius 2 is 2.12 bits per heavy atom. The van der Waals surface area contributed by atoms with Gasteiger partial charge in [-0.3, -0.25) is 15.0 Å². The number of nitrogens with one attached hydrogen (secondary N) is 1. The summed E-state index contributed by atoms with van der Waals surface area (Å²) >= 11 is 3.05. The van der Waals surface area contributed by atoms with Gasteiger partial charge in [-0.15, -0.1) is 22.7 Å². The summed E-state index contributed by atoms with van der Waals surface area (Å²) in [4.78, 5) is 21.4. The molecule has 0 radical (unpaired) electrons. The maximum absolute atomic E-state index is 12.4. The highest BCUT2D eigenvalue weighted by Gasteiger charge is 2.23. The van der Waals surface area contributed by atoms with Crippen molar-refractivity contribution in [3.05, 3.63) is 32.5 Å². The standard InChI is InChI=1S/C18H25N3O2S2/c1-5-15-11(2)6-16(25-15)17(22)20-18-19-14(10-24-18)9-21-7-12(3)23-13(4)8-21/h6,10,12-13H,5,7-9H2,1-4H3,(H,19,20,22). The first kappa shape index (κ1) is 18.5. The summed E-state index contributed by atoms with van der Waals surface area (Å²) in [6.45, 7) is 11.0. The van der Waals surface area contributed by atoms with Gasteiger partial charge in [0.15, 0.2) is 5.13 Å². The number of thiophene rings is 1. The lowest BCUT2D eigenvalue weighted by atomic mass is 10.2. The average molecular weight is 380 g/mol. The van der Waals surface area contributed by atoms with Crippen LogP contribution in [0.1, 0.15) is 46.6 Å². The van der Waals surface area contributed by atoms with Crippen LogP contribution in [0.5, 0.6) is 0 Å². The van der Waals surface area contributed by atoms with Crippen molar-refractivity contribution in [1.29, 1.82) is 0 Å². The minimum absolute atomic E-state index is 0.0673. The summed E-state index contributed by atoms with van der Waals surface area (Å²) in [5.41, 5.74) is 2.19. The molecule has 3 rings (SSSR count).